The van der Waals surface area contributed by atoms with Crippen LogP contribution in [0.25, 0.3) is 0 Å². The molecule has 1 aromatic carbocycles. The topological polar surface area (TPSA) is 71.0 Å². The van der Waals surface area contributed by atoms with Crippen LogP contribution in [-0.2, 0) is 11.3 Å². The highest BCUT2D eigenvalue weighted by atomic mass is 16.5. The zero-order valence-corrected chi connectivity index (χ0v) is 17.0. The van der Waals surface area contributed by atoms with Gasteiger partial charge in [0.15, 0.2) is 17.6 Å². The van der Waals surface area contributed by atoms with Gasteiger partial charge in [0.25, 0.3) is 5.91 Å². The SMILES string of the molecule is CCC[C@](C)(CO)NCc1ccc(O[C@@H](C)C(=O)N(C)C)c(OCC)c1. The van der Waals surface area contributed by atoms with E-state index in [1.54, 1.807) is 21.0 Å². The van der Waals surface area contributed by atoms with Crippen molar-refractivity contribution < 1.29 is 19.4 Å². The lowest BCUT2D eigenvalue weighted by molar-refractivity contribution is -0.135. The molecule has 0 aliphatic heterocycles. The Morgan fingerprint density at radius 1 is 1.31 bits per heavy atom. The van der Waals surface area contributed by atoms with Crippen molar-refractivity contribution in [2.75, 3.05) is 27.3 Å². The summed E-state index contributed by atoms with van der Waals surface area (Å²) in [7, 11) is 3.41. The molecule has 0 saturated carbocycles. The monoisotopic (exact) mass is 366 g/mol. The van der Waals surface area contributed by atoms with Crippen LogP contribution in [0.15, 0.2) is 18.2 Å². The number of nitrogens with one attached hydrogen (secondary N) is 1. The van der Waals surface area contributed by atoms with Gasteiger partial charge in [-0.2, -0.15) is 0 Å². The summed E-state index contributed by atoms with van der Waals surface area (Å²) in [5.74, 6) is 1.07. The highest BCUT2D eigenvalue weighted by Gasteiger charge is 2.22. The van der Waals surface area contributed by atoms with E-state index < -0.39 is 6.10 Å². The first-order valence-electron chi connectivity index (χ1n) is 9.25. The molecule has 1 aromatic rings. The standard InChI is InChI=1S/C20H34N2O4/c1-7-11-20(4,14-23)21-13-16-9-10-17(18(12-16)25-8-2)26-15(3)19(24)22(5)6/h9-10,12,15,21,23H,7-8,11,13-14H2,1-6H3/t15-,20+/m0/s1. The molecule has 0 aliphatic carbocycles. The van der Waals surface area contributed by atoms with Crippen molar-refractivity contribution in [3.63, 3.8) is 0 Å². The van der Waals surface area contributed by atoms with E-state index in [1.807, 2.05) is 32.0 Å². The maximum Gasteiger partial charge on any atom is 0.262 e. The fourth-order valence-electron chi connectivity index (χ4n) is 2.72. The number of hydrogen-bond donors (Lipinski definition) is 2. The van der Waals surface area contributed by atoms with Crippen molar-refractivity contribution in [1.82, 2.24) is 10.2 Å². The van der Waals surface area contributed by atoms with Crippen molar-refractivity contribution in [2.24, 2.45) is 0 Å². The molecule has 26 heavy (non-hydrogen) atoms. The van der Waals surface area contributed by atoms with Gasteiger partial charge in [-0.3, -0.25) is 4.79 Å². The van der Waals surface area contributed by atoms with Gasteiger partial charge in [-0.1, -0.05) is 19.4 Å². The molecule has 148 valence electrons. The Kier molecular flexibility index (Phi) is 8.88. The maximum absolute atomic E-state index is 12.0. The molecule has 0 bridgehead atoms. The predicted molar refractivity (Wildman–Crippen MR) is 104 cm³/mol. The Balaban J connectivity index is 2.89. The first kappa shape index (κ1) is 22.3. The van der Waals surface area contributed by atoms with Gasteiger partial charge in [-0.05, 0) is 44.9 Å². The molecule has 0 unspecified atom stereocenters. The summed E-state index contributed by atoms with van der Waals surface area (Å²) in [5, 5.41) is 13.0. The molecule has 0 spiro atoms. The van der Waals surface area contributed by atoms with Crippen LogP contribution in [0.1, 0.15) is 46.1 Å². The molecule has 2 N–H and O–H groups in total. The highest BCUT2D eigenvalue weighted by molar-refractivity contribution is 5.80. The lowest BCUT2D eigenvalue weighted by atomic mass is 9.97. The molecule has 0 radical (unpaired) electrons. The third-order valence-electron chi connectivity index (χ3n) is 4.27. The molecule has 0 fully saturated rings. The average Bonchev–Trinajstić information content (AvgIpc) is 2.61. The molecule has 2 atom stereocenters. The minimum atomic E-state index is -0.588. The third-order valence-corrected chi connectivity index (χ3v) is 4.27. The van der Waals surface area contributed by atoms with Crippen LogP contribution in [0.4, 0.5) is 0 Å². The second kappa shape index (κ2) is 10.4. The first-order chi connectivity index (χ1) is 12.3. The molecule has 0 saturated heterocycles. The molecule has 0 heterocycles. The largest absolute Gasteiger partial charge is 0.490 e. The first-order valence-corrected chi connectivity index (χ1v) is 9.25. The Morgan fingerprint density at radius 3 is 2.54 bits per heavy atom. The molecule has 1 rings (SSSR count). The Bertz CT molecular complexity index is 577. The van der Waals surface area contributed by atoms with Crippen molar-refractivity contribution in [1.29, 1.82) is 0 Å². The second-order valence-electron chi connectivity index (χ2n) is 7.03. The number of likely N-dealkylation sites (N-methyl/N-ethyl adjacent to an activating group) is 1. The normalized spacial score (nSPS) is 14.4. The van der Waals surface area contributed by atoms with Gasteiger partial charge in [-0.25, -0.2) is 0 Å². The summed E-state index contributed by atoms with van der Waals surface area (Å²) >= 11 is 0. The van der Waals surface area contributed by atoms with Crippen LogP contribution < -0.4 is 14.8 Å². The van der Waals surface area contributed by atoms with Crippen LogP contribution in [0, 0.1) is 0 Å². The molecular weight excluding hydrogens is 332 g/mol. The van der Waals surface area contributed by atoms with Gasteiger partial charge in [0, 0.05) is 26.2 Å². The van der Waals surface area contributed by atoms with Gasteiger partial charge < -0.3 is 24.8 Å². The van der Waals surface area contributed by atoms with E-state index in [4.69, 9.17) is 9.47 Å². The van der Waals surface area contributed by atoms with Gasteiger partial charge in [-0.15, -0.1) is 0 Å². The van der Waals surface area contributed by atoms with Crippen molar-refractivity contribution in [3.05, 3.63) is 23.8 Å². The summed E-state index contributed by atoms with van der Waals surface area (Å²) in [4.78, 5) is 13.5. The van der Waals surface area contributed by atoms with E-state index in [0.717, 1.165) is 18.4 Å². The molecule has 6 nitrogen and oxygen atoms in total. The summed E-state index contributed by atoms with van der Waals surface area (Å²) < 4.78 is 11.5. The highest BCUT2D eigenvalue weighted by Crippen LogP contribution is 2.30. The predicted octanol–water partition coefficient (Wildman–Crippen LogP) is 2.58. The number of benzene rings is 1. The number of carbonyl (C=O) groups excluding carboxylic acids is 1. The van der Waals surface area contributed by atoms with Crippen LogP contribution in [0.2, 0.25) is 0 Å². The molecular formula is C20H34N2O4. The Morgan fingerprint density at radius 2 is 2.00 bits per heavy atom. The number of carbonyl (C=O) groups is 1. The number of aliphatic hydroxyl groups excluding tert-OH is 1. The number of ether oxygens (including phenoxy) is 2. The fraction of sp³-hybridized carbons (Fsp3) is 0.650. The van der Waals surface area contributed by atoms with E-state index in [-0.39, 0.29) is 18.1 Å². The zero-order chi connectivity index (χ0) is 19.7. The Labute approximate surface area is 157 Å². The number of aliphatic hydroxyl groups is 1. The van der Waals surface area contributed by atoms with E-state index >= 15 is 0 Å². The molecule has 6 heteroatoms. The molecule has 1 amide bonds. The maximum atomic E-state index is 12.0. The minimum Gasteiger partial charge on any atom is -0.490 e. The number of hydrogen-bond acceptors (Lipinski definition) is 5. The number of rotatable bonds is 11. The second-order valence-corrected chi connectivity index (χ2v) is 7.03. The van der Waals surface area contributed by atoms with Gasteiger partial charge in [0.2, 0.25) is 0 Å². The molecule has 0 aromatic heterocycles. The van der Waals surface area contributed by atoms with Crippen LogP contribution in [0.5, 0.6) is 11.5 Å². The summed E-state index contributed by atoms with van der Waals surface area (Å²) in [6.07, 6.45) is 1.31. The smallest absolute Gasteiger partial charge is 0.262 e. The molecule has 0 aliphatic rings. The summed E-state index contributed by atoms with van der Waals surface area (Å²) in [6, 6.07) is 5.70. The summed E-state index contributed by atoms with van der Waals surface area (Å²) in [6.45, 7) is 8.97. The number of amides is 1. The van der Waals surface area contributed by atoms with Crippen molar-refractivity contribution >= 4 is 5.91 Å². The minimum absolute atomic E-state index is 0.0878. The third kappa shape index (κ3) is 6.50. The zero-order valence-electron chi connectivity index (χ0n) is 17.0. The van der Waals surface area contributed by atoms with E-state index in [9.17, 15) is 9.90 Å². The average molecular weight is 367 g/mol. The lowest BCUT2D eigenvalue weighted by Gasteiger charge is -2.28. The van der Waals surface area contributed by atoms with Crippen molar-refractivity contribution in [2.45, 2.75) is 58.7 Å². The lowest BCUT2D eigenvalue weighted by Crippen LogP contribution is -2.45. The van der Waals surface area contributed by atoms with Gasteiger partial charge >= 0.3 is 0 Å². The van der Waals surface area contributed by atoms with E-state index in [1.165, 1.54) is 4.90 Å². The van der Waals surface area contributed by atoms with Crippen molar-refractivity contribution in [3.8, 4) is 11.5 Å². The summed E-state index contributed by atoms with van der Waals surface area (Å²) in [5.41, 5.74) is 0.727. The van der Waals surface area contributed by atoms with Gasteiger partial charge in [0.05, 0.1) is 13.2 Å². The fourth-order valence-corrected chi connectivity index (χ4v) is 2.72. The number of nitrogens with zero attached hydrogens (tertiary/aromatic N) is 1. The van der Waals surface area contributed by atoms with E-state index in [0.29, 0.717) is 24.7 Å². The van der Waals surface area contributed by atoms with Crippen LogP contribution >= 0.6 is 0 Å². The van der Waals surface area contributed by atoms with E-state index in [2.05, 4.69) is 12.2 Å². The van der Waals surface area contributed by atoms with Gasteiger partial charge in [0.1, 0.15) is 0 Å². The Hall–Kier alpha value is -1.79. The van der Waals surface area contributed by atoms with Crippen LogP contribution in [-0.4, -0.2) is 54.9 Å². The van der Waals surface area contributed by atoms with Crippen LogP contribution in [0.3, 0.4) is 0 Å². The quantitative estimate of drug-likeness (QED) is 0.630.